The molecule has 0 saturated carbocycles. The van der Waals surface area contributed by atoms with Crippen molar-refractivity contribution < 1.29 is 16.5 Å². The maximum atomic E-state index is 3.26. The van der Waals surface area contributed by atoms with Gasteiger partial charge in [-0.15, -0.1) is 12.5 Å². The van der Waals surface area contributed by atoms with Crippen LogP contribution in [0.25, 0.3) is 0 Å². The molecular formula is C12H17Ni-. The van der Waals surface area contributed by atoms with Crippen molar-refractivity contribution in [1.82, 2.24) is 0 Å². The van der Waals surface area contributed by atoms with E-state index in [0.717, 1.165) is 6.42 Å². The first-order chi connectivity index (χ1) is 6.00. The first-order valence-electron chi connectivity index (χ1n) is 4.88. The maximum Gasteiger partial charge on any atom is 0 e. The van der Waals surface area contributed by atoms with Gasteiger partial charge in [-0.1, -0.05) is 31.4 Å². The molecule has 1 aliphatic rings. The molecule has 0 aliphatic heterocycles. The third-order valence-electron chi connectivity index (χ3n) is 2.01. The van der Waals surface area contributed by atoms with E-state index in [0.29, 0.717) is 0 Å². The Labute approximate surface area is 91.7 Å². The van der Waals surface area contributed by atoms with Crippen molar-refractivity contribution in [3.8, 4) is 0 Å². The third-order valence-corrected chi connectivity index (χ3v) is 2.01. The van der Waals surface area contributed by atoms with Gasteiger partial charge in [0.2, 0.25) is 0 Å². The third kappa shape index (κ3) is 8.05. The molecule has 0 heterocycles. The van der Waals surface area contributed by atoms with E-state index >= 15 is 0 Å². The summed E-state index contributed by atoms with van der Waals surface area (Å²) in [5.74, 6) is 0. The average Bonchev–Trinajstić information content (AvgIpc) is 2.05. The van der Waals surface area contributed by atoms with E-state index in [1.807, 2.05) is 6.08 Å². The summed E-state index contributed by atoms with van der Waals surface area (Å²) >= 11 is 0. The molecule has 0 spiro atoms. The Morgan fingerprint density at radius 2 is 1.69 bits per heavy atom. The van der Waals surface area contributed by atoms with Crippen LogP contribution >= 0.6 is 0 Å². The summed E-state index contributed by atoms with van der Waals surface area (Å²) in [5, 5.41) is 0. The fraction of sp³-hybridized carbons (Fsp3) is 0.500. The Kier molecular flexibility index (Phi) is 9.58. The van der Waals surface area contributed by atoms with Crippen molar-refractivity contribution in [2.24, 2.45) is 0 Å². The number of rotatable bonds is 0. The van der Waals surface area contributed by atoms with E-state index in [2.05, 4.69) is 30.4 Å². The molecule has 0 unspecified atom stereocenters. The van der Waals surface area contributed by atoms with E-state index in [-0.39, 0.29) is 16.5 Å². The van der Waals surface area contributed by atoms with Crippen LogP contribution in [-0.2, 0) is 16.5 Å². The second-order valence-electron chi connectivity index (χ2n) is 3.14. The second-order valence-corrected chi connectivity index (χ2v) is 3.14. The van der Waals surface area contributed by atoms with Crippen LogP contribution in [0.1, 0.15) is 38.5 Å². The summed E-state index contributed by atoms with van der Waals surface area (Å²) in [5.41, 5.74) is 0. The largest absolute Gasteiger partial charge is 0.275 e. The van der Waals surface area contributed by atoms with Gasteiger partial charge in [0, 0.05) is 16.5 Å². The van der Waals surface area contributed by atoms with E-state index in [4.69, 9.17) is 0 Å². The Bertz CT molecular complexity index is 158. The Morgan fingerprint density at radius 3 is 2.62 bits per heavy atom. The van der Waals surface area contributed by atoms with Crippen molar-refractivity contribution >= 4 is 0 Å². The molecule has 0 aromatic rings. The maximum absolute atomic E-state index is 3.26. The van der Waals surface area contributed by atoms with Gasteiger partial charge in [-0.05, 0) is 12.8 Å². The molecule has 0 atom stereocenters. The van der Waals surface area contributed by atoms with Crippen molar-refractivity contribution in [2.45, 2.75) is 38.5 Å². The number of allylic oxidation sites excluding steroid dienone is 6. The predicted octanol–water partition coefficient (Wildman–Crippen LogP) is 3.81. The van der Waals surface area contributed by atoms with Crippen molar-refractivity contribution in [1.29, 1.82) is 0 Å². The fourth-order valence-electron chi connectivity index (χ4n) is 1.29. The molecule has 1 heteroatoms. The van der Waals surface area contributed by atoms with E-state index < -0.39 is 0 Å². The van der Waals surface area contributed by atoms with Crippen LogP contribution in [0.5, 0.6) is 0 Å². The van der Waals surface area contributed by atoms with Gasteiger partial charge >= 0.3 is 0 Å². The molecule has 0 aromatic carbocycles. The Hall–Kier alpha value is -0.286. The van der Waals surface area contributed by atoms with Gasteiger partial charge in [-0.25, -0.2) is 12.2 Å². The van der Waals surface area contributed by atoms with Crippen LogP contribution in [0, 0.1) is 6.08 Å². The van der Waals surface area contributed by atoms with E-state index in [1.54, 1.807) is 0 Å². The zero-order chi connectivity index (χ0) is 8.49. The SMILES string of the molecule is [C-]1=CC=CC=CCCCCCC1.[Ni]. The Morgan fingerprint density at radius 1 is 0.846 bits per heavy atom. The van der Waals surface area contributed by atoms with Gasteiger partial charge in [0.1, 0.15) is 0 Å². The van der Waals surface area contributed by atoms with Crippen molar-refractivity contribution in [2.75, 3.05) is 0 Å². The van der Waals surface area contributed by atoms with Crippen LogP contribution in [0.2, 0.25) is 0 Å². The van der Waals surface area contributed by atoms with Gasteiger partial charge in [0.05, 0.1) is 0 Å². The predicted molar refractivity (Wildman–Crippen MR) is 53.8 cm³/mol. The summed E-state index contributed by atoms with van der Waals surface area (Å²) in [6.07, 6.45) is 21.5. The van der Waals surface area contributed by atoms with Crippen LogP contribution < -0.4 is 0 Å². The normalized spacial score (nSPS) is 18.5. The van der Waals surface area contributed by atoms with Gasteiger partial charge < -0.3 is 0 Å². The van der Waals surface area contributed by atoms with Crippen LogP contribution in [0.3, 0.4) is 0 Å². The fourth-order valence-corrected chi connectivity index (χ4v) is 1.29. The average molecular weight is 220 g/mol. The molecular weight excluding hydrogens is 203 g/mol. The molecule has 1 aliphatic carbocycles. The zero-order valence-electron chi connectivity index (χ0n) is 7.95. The summed E-state index contributed by atoms with van der Waals surface area (Å²) in [4.78, 5) is 0. The molecule has 13 heavy (non-hydrogen) atoms. The zero-order valence-corrected chi connectivity index (χ0v) is 8.93. The summed E-state index contributed by atoms with van der Waals surface area (Å²) in [6, 6.07) is 0. The minimum Gasteiger partial charge on any atom is -0.275 e. The summed E-state index contributed by atoms with van der Waals surface area (Å²) < 4.78 is 0. The van der Waals surface area contributed by atoms with Crippen molar-refractivity contribution in [3.05, 3.63) is 36.5 Å². The van der Waals surface area contributed by atoms with Crippen molar-refractivity contribution in [3.63, 3.8) is 0 Å². The molecule has 1 rings (SSSR count). The van der Waals surface area contributed by atoms with Gasteiger partial charge in [0.25, 0.3) is 0 Å². The molecule has 0 fully saturated rings. The minimum atomic E-state index is 0. The molecule has 0 radical (unpaired) electrons. The van der Waals surface area contributed by atoms with Gasteiger partial charge in [-0.2, -0.15) is 0 Å². The molecule has 0 saturated heterocycles. The topological polar surface area (TPSA) is 0 Å². The molecule has 0 amide bonds. The first kappa shape index (κ1) is 12.7. The summed E-state index contributed by atoms with van der Waals surface area (Å²) in [7, 11) is 0. The standard InChI is InChI=1S/C12H17.Ni/c1-2-4-6-8-10-12-11-9-7-5-3-1;/h1-5H,6,8-12H2;/q-1;. The van der Waals surface area contributed by atoms with Crippen LogP contribution in [0.4, 0.5) is 0 Å². The summed E-state index contributed by atoms with van der Waals surface area (Å²) in [6.45, 7) is 0. The molecule has 0 aromatic heterocycles. The molecule has 0 N–H and O–H groups in total. The Balaban J connectivity index is 0.00000144. The minimum absolute atomic E-state index is 0. The van der Waals surface area contributed by atoms with Gasteiger partial charge in [-0.3, -0.25) is 6.08 Å². The monoisotopic (exact) mass is 219 g/mol. The van der Waals surface area contributed by atoms with E-state index in [1.165, 1.54) is 32.1 Å². The quantitative estimate of drug-likeness (QED) is 0.430. The van der Waals surface area contributed by atoms with Gasteiger partial charge in [0.15, 0.2) is 0 Å². The molecule has 0 nitrogen and oxygen atoms in total. The second kappa shape index (κ2) is 9.80. The first-order valence-corrected chi connectivity index (χ1v) is 4.88. The van der Waals surface area contributed by atoms with E-state index in [9.17, 15) is 0 Å². The molecule has 0 bridgehead atoms. The smallest absolute Gasteiger partial charge is 0 e. The number of hydrogen-bond acceptors (Lipinski definition) is 0. The molecule has 76 valence electrons. The number of hydrogen-bond donors (Lipinski definition) is 0. The van der Waals surface area contributed by atoms with Crippen LogP contribution in [0.15, 0.2) is 30.4 Å². The van der Waals surface area contributed by atoms with Crippen LogP contribution in [-0.4, -0.2) is 0 Å².